The Kier molecular flexibility index (Phi) is 8.00. The van der Waals surface area contributed by atoms with Crippen LogP contribution in [0.25, 0.3) is 21.0 Å². The van der Waals surface area contributed by atoms with Crippen LogP contribution < -0.4 is 10.1 Å². The zero-order valence-electron chi connectivity index (χ0n) is 21.4. The van der Waals surface area contributed by atoms with Crippen LogP contribution in [-0.2, 0) is 4.79 Å². The normalized spacial score (nSPS) is 16.6. The Bertz CT molecular complexity index is 1360. The molecule has 37 heavy (non-hydrogen) atoms. The van der Waals surface area contributed by atoms with Crippen LogP contribution in [0.5, 0.6) is 5.75 Å². The number of aliphatic hydroxyl groups is 1. The lowest BCUT2D eigenvalue weighted by Crippen LogP contribution is -2.51. The molecule has 0 bridgehead atoms. The number of hydrogen-bond acceptors (Lipinski definition) is 7. The molecule has 1 aromatic heterocycles. The summed E-state index contributed by atoms with van der Waals surface area (Å²) in [7, 11) is 0. The van der Waals surface area contributed by atoms with E-state index < -0.39 is 6.10 Å². The van der Waals surface area contributed by atoms with Gasteiger partial charge in [-0.1, -0.05) is 42.5 Å². The second kappa shape index (κ2) is 11.6. The van der Waals surface area contributed by atoms with E-state index in [9.17, 15) is 9.90 Å². The van der Waals surface area contributed by atoms with E-state index in [2.05, 4.69) is 44.4 Å². The summed E-state index contributed by atoms with van der Waals surface area (Å²) in [5, 5.41) is 17.1. The van der Waals surface area contributed by atoms with Gasteiger partial charge in [-0.05, 0) is 42.3 Å². The molecule has 0 spiro atoms. The average Bonchev–Trinajstić information content (AvgIpc) is 3.27. The van der Waals surface area contributed by atoms with Gasteiger partial charge in [-0.2, -0.15) is 0 Å². The number of carbonyl (C=O) groups is 1. The van der Waals surface area contributed by atoms with Crippen LogP contribution in [0.1, 0.15) is 23.5 Å². The van der Waals surface area contributed by atoms with E-state index in [0.29, 0.717) is 13.1 Å². The summed E-state index contributed by atoms with van der Waals surface area (Å²) in [5.41, 5.74) is 2.07. The molecule has 2 atom stereocenters. The molecule has 1 aliphatic rings. The maximum absolute atomic E-state index is 12.8. The number of carbonyl (C=O) groups excluding carboxylic acids is 1. The molecule has 1 fully saturated rings. The smallest absolute Gasteiger partial charge is 0.234 e. The molecule has 0 radical (unpaired) electrons. The number of nitrogens with one attached hydrogen (secondary N) is 1. The van der Waals surface area contributed by atoms with Gasteiger partial charge in [-0.3, -0.25) is 14.6 Å². The summed E-state index contributed by atoms with van der Waals surface area (Å²) in [6, 6.07) is 20.3. The van der Waals surface area contributed by atoms with E-state index in [-0.39, 0.29) is 18.6 Å². The fraction of sp³-hybridized carbons (Fsp3) is 0.379. The van der Waals surface area contributed by atoms with Crippen molar-refractivity contribution in [3.63, 3.8) is 0 Å². The zero-order valence-corrected chi connectivity index (χ0v) is 22.2. The van der Waals surface area contributed by atoms with E-state index in [1.54, 1.807) is 11.3 Å². The van der Waals surface area contributed by atoms with Crippen molar-refractivity contribution in [1.29, 1.82) is 0 Å². The number of rotatable bonds is 9. The van der Waals surface area contributed by atoms with Crippen molar-refractivity contribution in [3.05, 3.63) is 71.2 Å². The fourth-order valence-corrected chi connectivity index (χ4v) is 5.79. The predicted molar refractivity (Wildman–Crippen MR) is 149 cm³/mol. The first-order chi connectivity index (χ1) is 17.9. The molecule has 2 N–H and O–H groups in total. The van der Waals surface area contributed by atoms with Crippen molar-refractivity contribution < 1.29 is 14.6 Å². The van der Waals surface area contributed by atoms with E-state index >= 15 is 0 Å². The van der Waals surface area contributed by atoms with Crippen molar-refractivity contribution in [2.45, 2.75) is 26.0 Å². The maximum Gasteiger partial charge on any atom is 0.234 e. The molecule has 8 heteroatoms. The van der Waals surface area contributed by atoms with E-state index in [1.807, 2.05) is 50.2 Å². The minimum absolute atomic E-state index is 0.0367. The van der Waals surface area contributed by atoms with Crippen molar-refractivity contribution in [2.75, 3.05) is 45.9 Å². The highest BCUT2D eigenvalue weighted by Gasteiger charge is 2.22. The lowest BCUT2D eigenvalue weighted by atomic mass is 10.00. The molecular weight excluding hydrogens is 484 g/mol. The van der Waals surface area contributed by atoms with Gasteiger partial charge >= 0.3 is 0 Å². The van der Waals surface area contributed by atoms with Crippen molar-refractivity contribution in [1.82, 2.24) is 20.1 Å². The number of piperazine rings is 1. The summed E-state index contributed by atoms with van der Waals surface area (Å²) in [6.45, 7) is 8.42. The molecule has 5 rings (SSSR count). The van der Waals surface area contributed by atoms with Gasteiger partial charge in [0.25, 0.3) is 0 Å². The van der Waals surface area contributed by atoms with Gasteiger partial charge < -0.3 is 15.2 Å². The molecule has 1 aliphatic heterocycles. The number of amides is 1. The zero-order chi connectivity index (χ0) is 25.8. The SMILES string of the molecule is Cc1nc2cc(OC[C@H](O)CN3CCN(CC(=O)N[C@@H](C)c4cccc5ccccc45)CC3)ccc2s1. The van der Waals surface area contributed by atoms with Crippen LogP contribution in [-0.4, -0.2) is 77.8 Å². The summed E-state index contributed by atoms with van der Waals surface area (Å²) in [4.78, 5) is 21.7. The largest absolute Gasteiger partial charge is 0.491 e. The van der Waals surface area contributed by atoms with Crippen LogP contribution >= 0.6 is 11.3 Å². The summed E-state index contributed by atoms with van der Waals surface area (Å²) in [5.74, 6) is 0.764. The number of aryl methyl sites for hydroxylation is 1. The number of benzene rings is 3. The van der Waals surface area contributed by atoms with Crippen LogP contribution in [0.2, 0.25) is 0 Å². The minimum Gasteiger partial charge on any atom is -0.491 e. The van der Waals surface area contributed by atoms with Gasteiger partial charge in [0.2, 0.25) is 5.91 Å². The van der Waals surface area contributed by atoms with Crippen molar-refractivity contribution in [3.8, 4) is 5.75 Å². The molecule has 2 heterocycles. The van der Waals surface area contributed by atoms with Gasteiger partial charge in [0.15, 0.2) is 0 Å². The monoisotopic (exact) mass is 518 g/mol. The first-order valence-electron chi connectivity index (χ1n) is 12.8. The number of nitrogens with zero attached hydrogens (tertiary/aromatic N) is 3. The average molecular weight is 519 g/mol. The third kappa shape index (κ3) is 6.45. The number of hydrogen-bond donors (Lipinski definition) is 2. The first-order valence-corrected chi connectivity index (χ1v) is 13.7. The molecule has 0 aliphatic carbocycles. The molecular formula is C29H34N4O3S. The highest BCUT2D eigenvalue weighted by atomic mass is 32.1. The van der Waals surface area contributed by atoms with E-state index in [1.165, 1.54) is 10.8 Å². The van der Waals surface area contributed by atoms with Crippen molar-refractivity contribution in [2.24, 2.45) is 0 Å². The van der Waals surface area contributed by atoms with Gasteiger partial charge in [0.1, 0.15) is 18.5 Å². The molecule has 4 aromatic rings. The van der Waals surface area contributed by atoms with Gasteiger partial charge in [0.05, 0.1) is 27.8 Å². The molecule has 3 aromatic carbocycles. The highest BCUT2D eigenvalue weighted by Crippen LogP contribution is 2.26. The third-order valence-electron chi connectivity index (χ3n) is 6.88. The summed E-state index contributed by atoms with van der Waals surface area (Å²) < 4.78 is 6.96. The fourth-order valence-electron chi connectivity index (χ4n) is 4.98. The molecule has 7 nitrogen and oxygen atoms in total. The number of aliphatic hydroxyl groups excluding tert-OH is 1. The number of fused-ring (bicyclic) bond motifs is 2. The van der Waals surface area contributed by atoms with Gasteiger partial charge in [0, 0.05) is 38.8 Å². The number of thiazole rings is 1. The molecule has 1 amide bonds. The number of aromatic nitrogens is 1. The van der Waals surface area contributed by atoms with Crippen LogP contribution in [0.3, 0.4) is 0 Å². The topological polar surface area (TPSA) is 77.9 Å². The van der Waals surface area contributed by atoms with Crippen LogP contribution in [0.4, 0.5) is 0 Å². The van der Waals surface area contributed by atoms with Gasteiger partial charge in [-0.25, -0.2) is 4.98 Å². The Balaban J connectivity index is 1.04. The Morgan fingerprint density at radius 1 is 1.08 bits per heavy atom. The van der Waals surface area contributed by atoms with Crippen molar-refractivity contribution >= 4 is 38.2 Å². The Labute approximate surface area is 221 Å². The Morgan fingerprint density at radius 3 is 2.68 bits per heavy atom. The predicted octanol–water partition coefficient (Wildman–Crippen LogP) is 3.99. The lowest BCUT2D eigenvalue weighted by Gasteiger charge is -2.35. The van der Waals surface area contributed by atoms with Crippen LogP contribution in [0.15, 0.2) is 60.7 Å². The van der Waals surface area contributed by atoms with Gasteiger partial charge in [-0.15, -0.1) is 11.3 Å². The molecule has 1 saturated heterocycles. The van der Waals surface area contributed by atoms with Crippen LogP contribution in [0, 0.1) is 6.92 Å². The van der Waals surface area contributed by atoms with E-state index in [0.717, 1.165) is 52.7 Å². The molecule has 0 unspecified atom stereocenters. The molecule has 0 saturated carbocycles. The van der Waals surface area contributed by atoms with E-state index in [4.69, 9.17) is 4.74 Å². The standard InChI is InChI=1S/C29H34N4O3S/c1-20(25-9-5-7-22-6-3-4-8-26(22)25)30-29(35)18-33-14-12-32(13-15-33)17-23(34)19-36-24-10-11-28-27(16-24)31-21(2)37-28/h3-11,16,20,23,34H,12-15,17-19H2,1-2H3,(H,30,35)/t20-,23+/m0/s1. The Hall–Kier alpha value is -3.04. The molecule has 194 valence electrons. The summed E-state index contributed by atoms with van der Waals surface area (Å²) >= 11 is 1.66. The summed E-state index contributed by atoms with van der Waals surface area (Å²) in [6.07, 6.45) is -0.579. The second-order valence-corrected chi connectivity index (χ2v) is 11.0. The first kappa shape index (κ1) is 25.6. The minimum atomic E-state index is -0.579. The second-order valence-electron chi connectivity index (χ2n) is 9.76. The highest BCUT2D eigenvalue weighted by molar-refractivity contribution is 7.18. The number of ether oxygens (including phenoxy) is 1. The number of β-amino-alcohol motifs (C(OH)–C–C–N with tert-alkyl or cyclic N) is 1. The maximum atomic E-state index is 12.8. The third-order valence-corrected chi connectivity index (χ3v) is 7.83. The Morgan fingerprint density at radius 2 is 1.84 bits per heavy atom. The quantitative estimate of drug-likeness (QED) is 0.349. The lowest BCUT2D eigenvalue weighted by molar-refractivity contribution is -0.123.